The van der Waals surface area contributed by atoms with Crippen LogP contribution in [0.3, 0.4) is 0 Å². The van der Waals surface area contributed by atoms with Gasteiger partial charge in [-0.05, 0) is 38.5 Å². The molecule has 16 heavy (non-hydrogen) atoms. The van der Waals surface area contributed by atoms with Gasteiger partial charge in [0.05, 0.1) is 11.5 Å². The van der Waals surface area contributed by atoms with E-state index in [1.807, 2.05) is 0 Å². The molecule has 0 aromatic rings. The van der Waals surface area contributed by atoms with E-state index >= 15 is 0 Å². The van der Waals surface area contributed by atoms with Gasteiger partial charge in [-0.1, -0.05) is 13.8 Å². The predicted octanol–water partition coefficient (Wildman–Crippen LogP) is 1.98. The summed E-state index contributed by atoms with van der Waals surface area (Å²) in [5.41, 5.74) is 0. The molecule has 3 nitrogen and oxygen atoms in total. The van der Waals surface area contributed by atoms with Crippen molar-refractivity contribution in [3.63, 3.8) is 0 Å². The minimum Gasteiger partial charge on any atom is -0.310 e. The van der Waals surface area contributed by atoms with Crippen molar-refractivity contribution >= 4 is 9.84 Å². The molecule has 1 aliphatic heterocycles. The van der Waals surface area contributed by atoms with E-state index in [4.69, 9.17) is 0 Å². The quantitative estimate of drug-likeness (QED) is 0.808. The standard InChI is InChI=1S/C12H25NO2S/c1-10(2)6-7-11(3)13-12-5-4-8-16(14,15)9-12/h10-13H,4-9H2,1-3H3. The molecule has 1 heterocycles. The Morgan fingerprint density at radius 3 is 2.50 bits per heavy atom. The second-order valence-corrected chi connectivity index (χ2v) is 7.72. The fourth-order valence-corrected chi connectivity index (χ4v) is 3.87. The summed E-state index contributed by atoms with van der Waals surface area (Å²) in [5.74, 6) is 1.43. The smallest absolute Gasteiger partial charge is 0.151 e. The van der Waals surface area contributed by atoms with Gasteiger partial charge >= 0.3 is 0 Å². The van der Waals surface area contributed by atoms with Gasteiger partial charge in [0.1, 0.15) is 0 Å². The van der Waals surface area contributed by atoms with Crippen molar-refractivity contribution in [2.45, 2.75) is 58.5 Å². The fourth-order valence-electron chi connectivity index (χ4n) is 2.22. The van der Waals surface area contributed by atoms with E-state index in [0.717, 1.165) is 25.2 Å². The van der Waals surface area contributed by atoms with Gasteiger partial charge in [-0.3, -0.25) is 0 Å². The average molecular weight is 247 g/mol. The first kappa shape index (κ1) is 14.0. The second kappa shape index (κ2) is 6.01. The van der Waals surface area contributed by atoms with Crippen LogP contribution >= 0.6 is 0 Å². The maximum absolute atomic E-state index is 11.5. The van der Waals surface area contributed by atoms with Gasteiger partial charge in [0.2, 0.25) is 0 Å². The molecule has 2 unspecified atom stereocenters. The van der Waals surface area contributed by atoms with Crippen LogP contribution in [0.1, 0.15) is 46.5 Å². The van der Waals surface area contributed by atoms with Gasteiger partial charge in [-0.15, -0.1) is 0 Å². The Morgan fingerprint density at radius 2 is 1.94 bits per heavy atom. The van der Waals surface area contributed by atoms with E-state index in [2.05, 4.69) is 26.1 Å². The summed E-state index contributed by atoms with van der Waals surface area (Å²) in [6.07, 6.45) is 4.16. The summed E-state index contributed by atoms with van der Waals surface area (Å²) >= 11 is 0. The van der Waals surface area contributed by atoms with Crippen molar-refractivity contribution in [1.82, 2.24) is 5.32 Å². The maximum atomic E-state index is 11.5. The minimum atomic E-state index is -2.77. The van der Waals surface area contributed by atoms with Crippen LogP contribution in [-0.4, -0.2) is 32.0 Å². The molecule has 4 heteroatoms. The molecule has 0 amide bonds. The Kier molecular flexibility index (Phi) is 5.25. The van der Waals surface area contributed by atoms with Gasteiger partial charge in [0.25, 0.3) is 0 Å². The second-order valence-electron chi connectivity index (χ2n) is 5.49. The molecule has 96 valence electrons. The highest BCUT2D eigenvalue weighted by Gasteiger charge is 2.25. The zero-order chi connectivity index (χ0) is 12.2. The lowest BCUT2D eigenvalue weighted by atomic mass is 10.0. The van der Waals surface area contributed by atoms with E-state index in [1.54, 1.807) is 0 Å². The summed E-state index contributed by atoms with van der Waals surface area (Å²) in [7, 11) is -2.77. The van der Waals surface area contributed by atoms with Crippen LogP contribution in [0.2, 0.25) is 0 Å². The highest BCUT2D eigenvalue weighted by Crippen LogP contribution is 2.14. The number of nitrogens with one attached hydrogen (secondary N) is 1. The Labute approximate surface area is 99.9 Å². The van der Waals surface area contributed by atoms with Crippen LogP contribution in [0.15, 0.2) is 0 Å². The third kappa shape index (κ3) is 5.30. The molecule has 0 radical (unpaired) electrons. The minimum absolute atomic E-state index is 0.181. The van der Waals surface area contributed by atoms with Gasteiger partial charge < -0.3 is 5.32 Å². The molecule has 0 aromatic heterocycles. The Hall–Kier alpha value is -0.0900. The fraction of sp³-hybridized carbons (Fsp3) is 1.00. The lowest BCUT2D eigenvalue weighted by Crippen LogP contribution is -2.44. The summed E-state index contributed by atoms with van der Waals surface area (Å²) in [4.78, 5) is 0. The van der Waals surface area contributed by atoms with Crippen LogP contribution in [0.4, 0.5) is 0 Å². The van der Waals surface area contributed by atoms with Crippen molar-refractivity contribution in [2.75, 3.05) is 11.5 Å². The topological polar surface area (TPSA) is 46.2 Å². The van der Waals surface area contributed by atoms with E-state index in [9.17, 15) is 8.42 Å². The largest absolute Gasteiger partial charge is 0.310 e. The van der Waals surface area contributed by atoms with E-state index < -0.39 is 9.84 Å². The molecular formula is C12H25NO2S. The molecule has 0 bridgehead atoms. The van der Waals surface area contributed by atoms with Crippen molar-refractivity contribution in [1.29, 1.82) is 0 Å². The predicted molar refractivity (Wildman–Crippen MR) is 68.3 cm³/mol. The molecular weight excluding hydrogens is 222 g/mol. The third-order valence-electron chi connectivity index (χ3n) is 3.16. The molecule has 0 aliphatic carbocycles. The maximum Gasteiger partial charge on any atom is 0.151 e. The van der Waals surface area contributed by atoms with Gasteiger partial charge in [0, 0.05) is 12.1 Å². The summed E-state index contributed by atoms with van der Waals surface area (Å²) in [6.45, 7) is 6.60. The van der Waals surface area contributed by atoms with E-state index in [0.29, 0.717) is 17.5 Å². The first-order valence-electron chi connectivity index (χ1n) is 6.35. The zero-order valence-corrected chi connectivity index (χ0v) is 11.5. The lowest BCUT2D eigenvalue weighted by molar-refractivity contribution is 0.391. The molecule has 1 N–H and O–H groups in total. The first-order valence-corrected chi connectivity index (χ1v) is 8.17. The van der Waals surface area contributed by atoms with Crippen LogP contribution in [0.5, 0.6) is 0 Å². The highest BCUT2D eigenvalue weighted by atomic mass is 32.2. The molecule has 1 rings (SSSR count). The number of hydrogen-bond acceptors (Lipinski definition) is 3. The first-order chi connectivity index (χ1) is 7.39. The zero-order valence-electron chi connectivity index (χ0n) is 10.7. The van der Waals surface area contributed by atoms with E-state index in [1.165, 1.54) is 6.42 Å². The number of hydrogen-bond donors (Lipinski definition) is 1. The number of rotatable bonds is 5. The van der Waals surface area contributed by atoms with Gasteiger partial charge in [0.15, 0.2) is 9.84 Å². The molecule has 2 atom stereocenters. The van der Waals surface area contributed by atoms with E-state index in [-0.39, 0.29) is 6.04 Å². The molecule has 0 aromatic carbocycles. The Bertz CT molecular complexity index is 298. The highest BCUT2D eigenvalue weighted by molar-refractivity contribution is 7.91. The van der Waals surface area contributed by atoms with Crippen LogP contribution in [-0.2, 0) is 9.84 Å². The normalized spacial score (nSPS) is 26.9. The summed E-state index contributed by atoms with van der Waals surface area (Å²) in [5, 5.41) is 3.45. The van der Waals surface area contributed by atoms with Gasteiger partial charge in [-0.2, -0.15) is 0 Å². The number of sulfone groups is 1. The van der Waals surface area contributed by atoms with Crippen LogP contribution in [0, 0.1) is 5.92 Å². The van der Waals surface area contributed by atoms with Crippen molar-refractivity contribution in [2.24, 2.45) is 5.92 Å². The summed E-state index contributed by atoms with van der Waals surface area (Å²) in [6, 6.07) is 0.613. The molecule has 1 saturated heterocycles. The monoisotopic (exact) mass is 247 g/mol. The van der Waals surface area contributed by atoms with Crippen LogP contribution in [0.25, 0.3) is 0 Å². The Morgan fingerprint density at radius 1 is 1.25 bits per heavy atom. The van der Waals surface area contributed by atoms with Gasteiger partial charge in [-0.25, -0.2) is 8.42 Å². The Balaban J connectivity index is 2.31. The van der Waals surface area contributed by atoms with Crippen LogP contribution < -0.4 is 5.32 Å². The van der Waals surface area contributed by atoms with Crippen molar-refractivity contribution in [3.8, 4) is 0 Å². The molecule has 1 aliphatic rings. The summed E-state index contributed by atoms with van der Waals surface area (Å²) < 4.78 is 22.9. The third-order valence-corrected chi connectivity index (χ3v) is 4.98. The molecule has 0 spiro atoms. The average Bonchev–Trinajstić information content (AvgIpc) is 2.13. The lowest BCUT2D eigenvalue weighted by Gasteiger charge is -2.26. The SMILES string of the molecule is CC(C)CCC(C)NC1CCCS(=O)(=O)C1. The van der Waals surface area contributed by atoms with Crippen molar-refractivity contribution < 1.29 is 8.42 Å². The molecule has 1 fully saturated rings. The molecule has 0 saturated carbocycles. The van der Waals surface area contributed by atoms with Crippen molar-refractivity contribution in [3.05, 3.63) is 0 Å².